The van der Waals surface area contributed by atoms with Crippen molar-refractivity contribution in [2.45, 2.75) is 43.6 Å². The van der Waals surface area contributed by atoms with Gasteiger partial charge in [-0.25, -0.2) is 9.78 Å². The number of pyridine rings is 1. The number of nitrogens with zero attached hydrogens (tertiary/aromatic N) is 1. The molecule has 1 rings (SSSR count). The largest absolute Gasteiger partial charge is 0.478 e. The number of aliphatic hydroxyl groups excluding tert-OH is 1. The number of aromatic carboxylic acids is 1. The van der Waals surface area contributed by atoms with Gasteiger partial charge in [0.05, 0.1) is 16.7 Å². The monoisotopic (exact) mass is 255 g/mol. The van der Waals surface area contributed by atoms with E-state index < -0.39 is 12.1 Å². The van der Waals surface area contributed by atoms with Crippen molar-refractivity contribution in [3.8, 4) is 0 Å². The van der Waals surface area contributed by atoms with Crippen LogP contribution in [-0.4, -0.2) is 32.5 Å². The van der Waals surface area contributed by atoms with Gasteiger partial charge in [-0.05, 0) is 25.5 Å². The number of aliphatic hydroxyl groups is 1. The van der Waals surface area contributed by atoms with Crippen molar-refractivity contribution in [2.75, 3.05) is 0 Å². The van der Waals surface area contributed by atoms with Gasteiger partial charge in [0.2, 0.25) is 0 Å². The Labute approximate surface area is 105 Å². The molecule has 0 aliphatic carbocycles. The maximum Gasteiger partial charge on any atom is 0.335 e. The molecule has 0 aliphatic rings. The summed E-state index contributed by atoms with van der Waals surface area (Å²) in [6, 6.07) is 3.13. The molecule has 5 heteroatoms. The number of aryl methyl sites for hydroxylation is 1. The van der Waals surface area contributed by atoms with E-state index in [1.165, 1.54) is 11.8 Å². The van der Waals surface area contributed by atoms with Crippen LogP contribution >= 0.6 is 11.8 Å². The molecule has 94 valence electrons. The minimum absolute atomic E-state index is 0.0174. The maximum absolute atomic E-state index is 11.0. The molecule has 0 aliphatic heterocycles. The van der Waals surface area contributed by atoms with Gasteiger partial charge in [0.25, 0.3) is 0 Å². The third-order valence-corrected chi connectivity index (χ3v) is 3.67. The van der Waals surface area contributed by atoms with Crippen molar-refractivity contribution >= 4 is 17.7 Å². The second kappa shape index (κ2) is 6.02. The van der Waals surface area contributed by atoms with Gasteiger partial charge < -0.3 is 10.2 Å². The topological polar surface area (TPSA) is 70.4 Å². The molecule has 0 spiro atoms. The van der Waals surface area contributed by atoms with Gasteiger partial charge >= 0.3 is 5.97 Å². The Balaban J connectivity index is 2.98. The third kappa shape index (κ3) is 4.02. The molecule has 17 heavy (non-hydrogen) atoms. The van der Waals surface area contributed by atoms with Crippen LogP contribution in [0.15, 0.2) is 17.2 Å². The first-order valence-electron chi connectivity index (χ1n) is 5.53. The van der Waals surface area contributed by atoms with Crippen molar-refractivity contribution in [3.05, 3.63) is 23.4 Å². The fourth-order valence-electron chi connectivity index (χ4n) is 1.21. The zero-order valence-corrected chi connectivity index (χ0v) is 11.0. The summed E-state index contributed by atoms with van der Waals surface area (Å²) in [7, 11) is 0. The lowest BCUT2D eigenvalue weighted by Gasteiger charge is -2.14. The Morgan fingerprint density at radius 3 is 2.59 bits per heavy atom. The van der Waals surface area contributed by atoms with Gasteiger partial charge in [0.15, 0.2) is 0 Å². The number of thioether (sulfide) groups is 1. The summed E-state index contributed by atoms with van der Waals surface area (Å²) in [6.45, 7) is 5.52. The Morgan fingerprint density at radius 2 is 2.12 bits per heavy atom. The van der Waals surface area contributed by atoms with E-state index in [1.54, 1.807) is 19.1 Å². The SMILES string of the molecule is CCc1cc(C(=O)O)cc(SC(C)C(C)O)n1. The number of carboxylic acids is 1. The molecule has 0 radical (unpaired) electrons. The minimum atomic E-state index is -0.950. The number of carboxylic acid groups (broad SMARTS) is 1. The Bertz CT molecular complexity index is 407. The molecule has 2 N–H and O–H groups in total. The van der Waals surface area contributed by atoms with Gasteiger partial charge in [-0.1, -0.05) is 13.8 Å². The summed E-state index contributed by atoms with van der Waals surface area (Å²) in [5, 5.41) is 19.0. The average molecular weight is 255 g/mol. The quantitative estimate of drug-likeness (QED) is 0.789. The fourth-order valence-corrected chi connectivity index (χ4v) is 2.16. The van der Waals surface area contributed by atoms with Crippen LogP contribution in [0.2, 0.25) is 0 Å². The molecule has 0 aromatic carbocycles. The van der Waals surface area contributed by atoms with E-state index in [-0.39, 0.29) is 10.8 Å². The second-order valence-corrected chi connectivity index (χ2v) is 5.31. The van der Waals surface area contributed by atoms with E-state index in [4.69, 9.17) is 5.11 Å². The summed E-state index contributed by atoms with van der Waals surface area (Å²) >= 11 is 1.39. The van der Waals surface area contributed by atoms with Gasteiger partial charge in [0.1, 0.15) is 0 Å². The maximum atomic E-state index is 11.0. The molecular formula is C12H17NO3S. The lowest BCUT2D eigenvalue weighted by molar-refractivity contribution is 0.0696. The first-order valence-corrected chi connectivity index (χ1v) is 6.41. The molecule has 1 aromatic heterocycles. The van der Waals surface area contributed by atoms with Crippen molar-refractivity contribution in [2.24, 2.45) is 0 Å². The third-order valence-electron chi connectivity index (χ3n) is 2.45. The van der Waals surface area contributed by atoms with Gasteiger partial charge in [-0.15, -0.1) is 11.8 Å². The van der Waals surface area contributed by atoms with Crippen LogP contribution in [0.4, 0.5) is 0 Å². The molecule has 4 nitrogen and oxygen atoms in total. The molecule has 0 saturated carbocycles. The molecule has 2 unspecified atom stereocenters. The predicted octanol–water partition coefficient (Wildman–Crippen LogP) is 2.20. The summed E-state index contributed by atoms with van der Waals surface area (Å²) < 4.78 is 0. The zero-order valence-electron chi connectivity index (χ0n) is 10.2. The minimum Gasteiger partial charge on any atom is -0.478 e. The normalized spacial score (nSPS) is 14.4. The smallest absolute Gasteiger partial charge is 0.335 e. The first-order chi connectivity index (χ1) is 7.93. The van der Waals surface area contributed by atoms with Crippen LogP contribution in [0.5, 0.6) is 0 Å². The number of hydrogen-bond acceptors (Lipinski definition) is 4. The summed E-state index contributed by atoms with van der Waals surface area (Å²) in [5.41, 5.74) is 1.00. The van der Waals surface area contributed by atoms with E-state index in [0.29, 0.717) is 11.4 Å². The lowest BCUT2D eigenvalue weighted by atomic mass is 10.2. The van der Waals surface area contributed by atoms with Gasteiger partial charge in [0, 0.05) is 10.9 Å². The highest BCUT2D eigenvalue weighted by Gasteiger charge is 2.14. The van der Waals surface area contributed by atoms with Crippen LogP contribution in [0.25, 0.3) is 0 Å². The average Bonchev–Trinajstić information content (AvgIpc) is 2.28. The van der Waals surface area contributed by atoms with Gasteiger partial charge in [-0.3, -0.25) is 0 Å². The fraction of sp³-hybridized carbons (Fsp3) is 0.500. The molecule has 2 atom stereocenters. The highest BCUT2D eigenvalue weighted by atomic mass is 32.2. The molecule has 1 aromatic rings. The summed E-state index contributed by atoms with van der Waals surface area (Å²) in [5.74, 6) is -0.950. The number of hydrogen-bond donors (Lipinski definition) is 2. The summed E-state index contributed by atoms with van der Waals surface area (Å²) in [6.07, 6.45) is 0.234. The molecule has 0 amide bonds. The Kier molecular flexibility index (Phi) is 4.96. The first kappa shape index (κ1) is 14.0. The van der Waals surface area contributed by atoms with E-state index in [0.717, 1.165) is 5.69 Å². The molecule has 0 bridgehead atoms. The van der Waals surface area contributed by atoms with E-state index in [2.05, 4.69) is 4.98 Å². The van der Waals surface area contributed by atoms with Crippen LogP contribution in [-0.2, 0) is 6.42 Å². The molecule has 0 saturated heterocycles. The van der Waals surface area contributed by atoms with Crippen molar-refractivity contribution in [1.29, 1.82) is 0 Å². The number of aromatic nitrogens is 1. The highest BCUT2D eigenvalue weighted by molar-refractivity contribution is 7.99. The van der Waals surface area contributed by atoms with Crippen molar-refractivity contribution < 1.29 is 15.0 Å². The van der Waals surface area contributed by atoms with Crippen LogP contribution in [0.3, 0.4) is 0 Å². The van der Waals surface area contributed by atoms with E-state index in [9.17, 15) is 9.90 Å². The van der Waals surface area contributed by atoms with E-state index >= 15 is 0 Å². The van der Waals surface area contributed by atoms with Crippen molar-refractivity contribution in [3.63, 3.8) is 0 Å². The Hall–Kier alpha value is -1.07. The molecule has 0 fully saturated rings. The summed E-state index contributed by atoms with van der Waals surface area (Å²) in [4.78, 5) is 15.3. The van der Waals surface area contributed by atoms with Crippen molar-refractivity contribution in [1.82, 2.24) is 4.98 Å². The Morgan fingerprint density at radius 1 is 1.47 bits per heavy atom. The van der Waals surface area contributed by atoms with Gasteiger partial charge in [-0.2, -0.15) is 0 Å². The standard InChI is InChI=1S/C12H17NO3S/c1-4-10-5-9(12(15)16)6-11(13-10)17-8(3)7(2)14/h5-8,14H,4H2,1-3H3,(H,15,16). The van der Waals surface area contributed by atoms with Crippen LogP contribution in [0.1, 0.15) is 36.8 Å². The highest BCUT2D eigenvalue weighted by Crippen LogP contribution is 2.25. The number of rotatable bonds is 5. The molecule has 1 heterocycles. The zero-order chi connectivity index (χ0) is 13.0. The van der Waals surface area contributed by atoms with E-state index in [1.807, 2.05) is 13.8 Å². The van der Waals surface area contributed by atoms with Crippen LogP contribution in [0, 0.1) is 0 Å². The van der Waals surface area contributed by atoms with Crippen LogP contribution < -0.4 is 0 Å². The lowest BCUT2D eigenvalue weighted by Crippen LogP contribution is -2.15. The predicted molar refractivity (Wildman–Crippen MR) is 67.6 cm³/mol. The second-order valence-electron chi connectivity index (χ2n) is 3.91. The molecular weight excluding hydrogens is 238 g/mol. The number of carbonyl (C=O) groups is 1.